The van der Waals surface area contributed by atoms with Crippen LogP contribution in [0.15, 0.2) is 30.5 Å². The van der Waals surface area contributed by atoms with Crippen molar-refractivity contribution in [3.05, 3.63) is 46.7 Å². The Morgan fingerprint density at radius 3 is 2.95 bits per heavy atom. The number of pyridine rings is 1. The monoisotopic (exact) mass is 276 g/mol. The molecule has 1 aliphatic rings. The van der Waals surface area contributed by atoms with Gasteiger partial charge in [-0.2, -0.15) is 0 Å². The average Bonchev–Trinajstić information content (AvgIpc) is 2.85. The molecule has 0 atom stereocenters. The zero-order valence-corrected chi connectivity index (χ0v) is 11.2. The number of hydrogen-bond donors (Lipinski definition) is 1. The second-order valence-corrected chi connectivity index (χ2v) is 4.69. The van der Waals surface area contributed by atoms with Crippen LogP contribution in [-0.4, -0.2) is 11.8 Å². The van der Waals surface area contributed by atoms with Gasteiger partial charge >= 0.3 is 0 Å². The summed E-state index contributed by atoms with van der Waals surface area (Å²) >= 11 is 6.07. The van der Waals surface area contributed by atoms with E-state index in [1.807, 2.05) is 31.2 Å². The molecule has 0 aliphatic carbocycles. The number of fused-ring (bicyclic) bond motifs is 1. The molecule has 0 fully saturated rings. The largest absolute Gasteiger partial charge is 0.454 e. The molecule has 0 spiro atoms. The normalized spacial score (nSPS) is 12.5. The quantitative estimate of drug-likeness (QED) is 0.873. The summed E-state index contributed by atoms with van der Waals surface area (Å²) in [6.45, 7) is 2.94. The fraction of sp³-hybridized carbons (Fsp3) is 0.214. The molecule has 0 saturated heterocycles. The van der Waals surface area contributed by atoms with Gasteiger partial charge in [-0.05, 0) is 36.2 Å². The van der Waals surface area contributed by atoms with Crippen molar-refractivity contribution in [3.63, 3.8) is 0 Å². The zero-order chi connectivity index (χ0) is 13.2. The maximum Gasteiger partial charge on any atom is 0.231 e. The Kier molecular flexibility index (Phi) is 3.17. The highest BCUT2D eigenvalue weighted by molar-refractivity contribution is 6.32. The highest BCUT2D eigenvalue weighted by atomic mass is 35.5. The number of hydrogen-bond acceptors (Lipinski definition) is 4. The highest BCUT2D eigenvalue weighted by Gasteiger charge is 2.13. The topological polar surface area (TPSA) is 43.4 Å². The Labute approximate surface area is 116 Å². The van der Waals surface area contributed by atoms with Gasteiger partial charge in [-0.25, -0.2) is 4.98 Å². The summed E-state index contributed by atoms with van der Waals surface area (Å²) in [4.78, 5) is 4.07. The summed E-state index contributed by atoms with van der Waals surface area (Å²) in [7, 11) is 0. The molecule has 19 heavy (non-hydrogen) atoms. The molecule has 1 aromatic heterocycles. The van der Waals surface area contributed by atoms with Crippen LogP contribution in [0, 0.1) is 6.92 Å². The van der Waals surface area contributed by atoms with Crippen LogP contribution in [0.4, 0.5) is 5.69 Å². The number of halogens is 1. The molecule has 0 saturated carbocycles. The Morgan fingerprint density at radius 1 is 1.26 bits per heavy atom. The average molecular weight is 277 g/mol. The fourth-order valence-electron chi connectivity index (χ4n) is 1.98. The van der Waals surface area contributed by atoms with Crippen LogP contribution in [0.25, 0.3) is 0 Å². The minimum atomic E-state index is 0.291. The van der Waals surface area contributed by atoms with E-state index in [1.54, 1.807) is 6.20 Å². The Morgan fingerprint density at radius 2 is 2.11 bits per heavy atom. The van der Waals surface area contributed by atoms with Gasteiger partial charge < -0.3 is 14.8 Å². The zero-order valence-electron chi connectivity index (χ0n) is 10.4. The molecule has 3 rings (SSSR count). The van der Waals surface area contributed by atoms with Crippen LogP contribution in [0.5, 0.6) is 11.5 Å². The van der Waals surface area contributed by atoms with E-state index in [9.17, 15) is 0 Å². The molecule has 1 aliphatic heterocycles. The van der Waals surface area contributed by atoms with Gasteiger partial charge in [0.25, 0.3) is 0 Å². The Hall–Kier alpha value is -1.94. The van der Waals surface area contributed by atoms with E-state index in [4.69, 9.17) is 21.1 Å². The molecule has 4 nitrogen and oxygen atoms in total. The summed E-state index contributed by atoms with van der Waals surface area (Å²) in [5.41, 5.74) is 3.03. The Balaban J connectivity index is 1.76. The van der Waals surface area contributed by atoms with Crippen LogP contribution in [0.1, 0.15) is 11.1 Å². The molecule has 0 bridgehead atoms. The van der Waals surface area contributed by atoms with Crippen molar-refractivity contribution in [2.75, 3.05) is 12.1 Å². The third kappa shape index (κ3) is 2.44. The molecule has 2 aromatic rings. The number of aromatic nitrogens is 1. The lowest BCUT2D eigenvalue weighted by Gasteiger charge is -2.11. The van der Waals surface area contributed by atoms with Gasteiger partial charge in [-0.1, -0.05) is 17.7 Å². The van der Waals surface area contributed by atoms with Crippen LogP contribution in [-0.2, 0) is 6.54 Å². The van der Waals surface area contributed by atoms with Gasteiger partial charge in [0.05, 0.1) is 5.69 Å². The number of nitrogens with one attached hydrogen (secondary N) is 1. The van der Waals surface area contributed by atoms with E-state index in [2.05, 4.69) is 10.3 Å². The molecule has 98 valence electrons. The molecular weight excluding hydrogens is 264 g/mol. The summed E-state index contributed by atoms with van der Waals surface area (Å²) in [6.07, 6.45) is 1.70. The van der Waals surface area contributed by atoms with Gasteiger partial charge in [0.15, 0.2) is 16.7 Å². The fourth-order valence-corrected chi connectivity index (χ4v) is 2.25. The lowest BCUT2D eigenvalue weighted by Crippen LogP contribution is -2.02. The molecule has 1 N–H and O–H groups in total. The first-order valence-electron chi connectivity index (χ1n) is 5.97. The molecule has 5 heteroatoms. The lowest BCUT2D eigenvalue weighted by atomic mass is 10.2. The third-order valence-electron chi connectivity index (χ3n) is 3.02. The molecule has 1 aromatic carbocycles. The van der Waals surface area contributed by atoms with E-state index in [1.165, 1.54) is 0 Å². The van der Waals surface area contributed by atoms with Crippen LogP contribution in [0.2, 0.25) is 5.15 Å². The third-order valence-corrected chi connectivity index (χ3v) is 3.31. The van der Waals surface area contributed by atoms with Gasteiger partial charge in [-0.15, -0.1) is 0 Å². The van der Waals surface area contributed by atoms with Crippen LogP contribution < -0.4 is 14.8 Å². The summed E-state index contributed by atoms with van der Waals surface area (Å²) in [6, 6.07) is 7.81. The number of rotatable bonds is 3. The number of aryl methyl sites for hydroxylation is 1. The van der Waals surface area contributed by atoms with E-state index < -0.39 is 0 Å². The first kappa shape index (κ1) is 12.1. The van der Waals surface area contributed by atoms with Crippen molar-refractivity contribution in [2.24, 2.45) is 0 Å². The molecule has 0 amide bonds. The van der Waals surface area contributed by atoms with Gasteiger partial charge in [0, 0.05) is 12.7 Å². The van der Waals surface area contributed by atoms with Gasteiger partial charge in [-0.3, -0.25) is 0 Å². The lowest BCUT2D eigenvalue weighted by molar-refractivity contribution is 0.174. The number of ether oxygens (including phenoxy) is 2. The van der Waals surface area contributed by atoms with Crippen LogP contribution >= 0.6 is 11.6 Å². The van der Waals surface area contributed by atoms with Crippen molar-refractivity contribution < 1.29 is 9.47 Å². The number of benzene rings is 1. The van der Waals surface area contributed by atoms with E-state index in [0.717, 1.165) is 28.3 Å². The second kappa shape index (κ2) is 4.97. The molecular formula is C14H13ClN2O2. The van der Waals surface area contributed by atoms with Crippen molar-refractivity contribution >= 4 is 17.3 Å². The Bertz CT molecular complexity index is 596. The minimum Gasteiger partial charge on any atom is -0.454 e. The van der Waals surface area contributed by atoms with Crippen LogP contribution in [0.3, 0.4) is 0 Å². The first-order valence-corrected chi connectivity index (χ1v) is 6.35. The summed E-state index contributed by atoms with van der Waals surface area (Å²) in [5.74, 6) is 1.58. The molecule has 0 unspecified atom stereocenters. The maximum atomic E-state index is 6.07. The predicted octanol–water partition coefficient (Wildman–Crippen LogP) is 3.38. The molecule has 2 heterocycles. The minimum absolute atomic E-state index is 0.291. The smallest absolute Gasteiger partial charge is 0.231 e. The SMILES string of the molecule is Cc1ccnc(Cl)c1NCc1ccc2c(c1)OCO2. The van der Waals surface area contributed by atoms with E-state index in [0.29, 0.717) is 18.5 Å². The van der Waals surface area contributed by atoms with Crippen molar-refractivity contribution in [3.8, 4) is 11.5 Å². The van der Waals surface area contributed by atoms with Crippen molar-refractivity contribution in [2.45, 2.75) is 13.5 Å². The predicted molar refractivity (Wildman–Crippen MR) is 73.9 cm³/mol. The second-order valence-electron chi connectivity index (χ2n) is 4.33. The summed E-state index contributed by atoms with van der Waals surface area (Å²) < 4.78 is 10.6. The standard InChI is InChI=1S/C14H13ClN2O2/c1-9-4-5-16-14(15)13(9)17-7-10-2-3-11-12(6-10)19-8-18-11/h2-6,17H,7-8H2,1H3. The first-order chi connectivity index (χ1) is 9.24. The summed E-state index contributed by atoms with van der Waals surface area (Å²) in [5, 5.41) is 3.78. The number of nitrogens with zero attached hydrogens (tertiary/aromatic N) is 1. The van der Waals surface area contributed by atoms with Gasteiger partial charge in [0.2, 0.25) is 6.79 Å². The maximum absolute atomic E-state index is 6.07. The van der Waals surface area contributed by atoms with E-state index >= 15 is 0 Å². The number of anilines is 1. The molecule has 0 radical (unpaired) electrons. The van der Waals surface area contributed by atoms with E-state index in [-0.39, 0.29) is 0 Å². The van der Waals surface area contributed by atoms with Crippen molar-refractivity contribution in [1.82, 2.24) is 4.98 Å². The highest BCUT2D eigenvalue weighted by Crippen LogP contribution is 2.33. The van der Waals surface area contributed by atoms with Crippen molar-refractivity contribution in [1.29, 1.82) is 0 Å². The van der Waals surface area contributed by atoms with Gasteiger partial charge in [0.1, 0.15) is 0 Å².